The minimum Gasteiger partial charge on any atom is -0.365 e. The Hall–Kier alpha value is -3.18. The number of amides is 1. The van der Waals surface area contributed by atoms with Crippen LogP contribution < -0.4 is 22.1 Å². The molecule has 2 atom stereocenters. The van der Waals surface area contributed by atoms with E-state index in [1.165, 1.54) is 6.20 Å². The van der Waals surface area contributed by atoms with Crippen LogP contribution in [-0.2, 0) is 0 Å². The van der Waals surface area contributed by atoms with Gasteiger partial charge in [-0.15, -0.1) is 0 Å². The van der Waals surface area contributed by atoms with E-state index in [0.717, 1.165) is 25.7 Å². The first-order valence-corrected chi connectivity index (χ1v) is 8.53. The number of benzene rings is 1. The summed E-state index contributed by atoms with van der Waals surface area (Å²) in [5.41, 5.74) is 12.9. The smallest absolute Gasteiger partial charge is 0.254 e. The number of nitrogens with one attached hydrogen (secondary N) is 2. The predicted octanol–water partition coefficient (Wildman–Crippen LogP) is 1.87. The molecule has 8 nitrogen and oxygen atoms in total. The molecule has 8 heteroatoms. The quantitative estimate of drug-likeness (QED) is 0.644. The standard InChI is InChI=1S/C18H21N7O/c19-9-11-4-3-5-12(8-11)23-17-13(16(21)26)10-22-18(25-17)24-15-7-2-1-6-14(15)20/h3-5,8,10,14-15H,1-2,6-7,20H2,(H2,21,26)(H2,22,23,24,25)/t14-,15+/m0/s1. The van der Waals surface area contributed by atoms with Gasteiger partial charge in [-0.05, 0) is 31.0 Å². The molecule has 134 valence electrons. The lowest BCUT2D eigenvalue weighted by Gasteiger charge is -2.29. The Balaban J connectivity index is 1.86. The third kappa shape index (κ3) is 4.07. The first-order chi connectivity index (χ1) is 12.6. The SMILES string of the molecule is N#Cc1cccc(Nc2nc(N[C@@H]3CCCC[C@@H]3N)ncc2C(N)=O)c1. The van der Waals surface area contributed by atoms with Crippen molar-refractivity contribution in [2.24, 2.45) is 11.5 Å². The van der Waals surface area contributed by atoms with Crippen LogP contribution in [0.2, 0.25) is 0 Å². The number of rotatable bonds is 5. The summed E-state index contributed by atoms with van der Waals surface area (Å²) in [4.78, 5) is 20.3. The van der Waals surface area contributed by atoms with Gasteiger partial charge in [-0.2, -0.15) is 10.2 Å². The Bertz CT molecular complexity index is 846. The molecule has 0 bridgehead atoms. The second-order valence-corrected chi connectivity index (χ2v) is 6.34. The number of aromatic nitrogens is 2. The first kappa shape index (κ1) is 17.6. The molecule has 0 aliphatic heterocycles. The summed E-state index contributed by atoms with van der Waals surface area (Å²) in [6.07, 6.45) is 5.54. The molecule has 1 aliphatic rings. The number of hydrogen-bond donors (Lipinski definition) is 4. The van der Waals surface area contributed by atoms with E-state index in [0.29, 0.717) is 17.2 Å². The van der Waals surface area contributed by atoms with Crippen molar-refractivity contribution in [3.8, 4) is 6.07 Å². The molecule has 1 amide bonds. The molecule has 1 fully saturated rings. The number of carbonyl (C=O) groups excluding carboxylic acids is 1. The Morgan fingerprint density at radius 2 is 2.12 bits per heavy atom. The van der Waals surface area contributed by atoms with Crippen molar-refractivity contribution in [1.29, 1.82) is 5.26 Å². The minimum absolute atomic E-state index is 0.0480. The molecule has 0 saturated heterocycles. The number of anilines is 3. The number of carbonyl (C=O) groups is 1. The van der Waals surface area contributed by atoms with Crippen LogP contribution in [0.1, 0.15) is 41.6 Å². The van der Waals surface area contributed by atoms with Gasteiger partial charge in [0.05, 0.1) is 11.6 Å². The van der Waals surface area contributed by atoms with Crippen LogP contribution in [0, 0.1) is 11.3 Å². The lowest BCUT2D eigenvalue weighted by atomic mass is 9.91. The summed E-state index contributed by atoms with van der Waals surface area (Å²) in [5, 5.41) is 15.3. The maximum Gasteiger partial charge on any atom is 0.254 e. The molecule has 3 rings (SSSR count). The molecule has 26 heavy (non-hydrogen) atoms. The minimum atomic E-state index is -0.634. The normalized spacial score (nSPS) is 19.4. The van der Waals surface area contributed by atoms with E-state index in [2.05, 4.69) is 26.7 Å². The largest absolute Gasteiger partial charge is 0.365 e. The molecule has 1 heterocycles. The summed E-state index contributed by atoms with van der Waals surface area (Å²) >= 11 is 0. The first-order valence-electron chi connectivity index (χ1n) is 8.53. The number of nitrogens with two attached hydrogens (primary N) is 2. The second kappa shape index (κ2) is 7.80. The highest BCUT2D eigenvalue weighted by Crippen LogP contribution is 2.23. The van der Waals surface area contributed by atoms with Crippen LogP contribution in [0.25, 0.3) is 0 Å². The fraction of sp³-hybridized carbons (Fsp3) is 0.333. The fourth-order valence-corrected chi connectivity index (χ4v) is 3.03. The summed E-state index contributed by atoms with van der Waals surface area (Å²) in [5.74, 6) is 0.0376. The molecule has 1 aliphatic carbocycles. The van der Waals surface area contributed by atoms with Crippen LogP contribution in [0.5, 0.6) is 0 Å². The highest BCUT2D eigenvalue weighted by Gasteiger charge is 2.23. The van der Waals surface area contributed by atoms with E-state index in [1.54, 1.807) is 24.3 Å². The van der Waals surface area contributed by atoms with Crippen molar-refractivity contribution in [2.45, 2.75) is 37.8 Å². The average molecular weight is 351 g/mol. The molecule has 1 aromatic heterocycles. The van der Waals surface area contributed by atoms with Gasteiger partial charge in [0.25, 0.3) is 5.91 Å². The molecule has 0 radical (unpaired) electrons. The zero-order valence-corrected chi connectivity index (χ0v) is 14.3. The van der Waals surface area contributed by atoms with Gasteiger partial charge >= 0.3 is 0 Å². The second-order valence-electron chi connectivity index (χ2n) is 6.34. The third-order valence-electron chi connectivity index (χ3n) is 4.44. The molecule has 1 aromatic carbocycles. The zero-order valence-electron chi connectivity index (χ0n) is 14.3. The molecule has 6 N–H and O–H groups in total. The van der Waals surface area contributed by atoms with E-state index in [-0.39, 0.29) is 23.5 Å². The van der Waals surface area contributed by atoms with Crippen LogP contribution in [0.15, 0.2) is 30.5 Å². The van der Waals surface area contributed by atoms with Gasteiger partial charge in [0.15, 0.2) is 0 Å². The summed E-state index contributed by atoms with van der Waals surface area (Å²) in [6, 6.07) is 9.09. The van der Waals surface area contributed by atoms with Gasteiger partial charge < -0.3 is 22.1 Å². The summed E-state index contributed by atoms with van der Waals surface area (Å²) in [7, 11) is 0. The molecule has 0 spiro atoms. The average Bonchev–Trinajstić information content (AvgIpc) is 2.64. The third-order valence-corrected chi connectivity index (χ3v) is 4.44. The predicted molar refractivity (Wildman–Crippen MR) is 98.8 cm³/mol. The molecule has 1 saturated carbocycles. The van der Waals surface area contributed by atoms with Crippen molar-refractivity contribution < 1.29 is 4.79 Å². The zero-order chi connectivity index (χ0) is 18.5. The van der Waals surface area contributed by atoms with Crippen molar-refractivity contribution in [3.63, 3.8) is 0 Å². The molecular weight excluding hydrogens is 330 g/mol. The van der Waals surface area contributed by atoms with Crippen LogP contribution in [0.4, 0.5) is 17.5 Å². The number of primary amides is 1. The van der Waals surface area contributed by atoms with Gasteiger partial charge in [-0.1, -0.05) is 18.9 Å². The van der Waals surface area contributed by atoms with E-state index in [4.69, 9.17) is 16.7 Å². The van der Waals surface area contributed by atoms with E-state index < -0.39 is 5.91 Å². The van der Waals surface area contributed by atoms with E-state index in [1.807, 2.05) is 0 Å². The summed E-state index contributed by atoms with van der Waals surface area (Å²) < 4.78 is 0. The van der Waals surface area contributed by atoms with Gasteiger partial charge in [-0.3, -0.25) is 4.79 Å². The highest BCUT2D eigenvalue weighted by molar-refractivity contribution is 5.98. The number of nitriles is 1. The Morgan fingerprint density at radius 1 is 1.31 bits per heavy atom. The fourth-order valence-electron chi connectivity index (χ4n) is 3.03. The maximum absolute atomic E-state index is 11.7. The van der Waals surface area contributed by atoms with Crippen LogP contribution in [0.3, 0.4) is 0 Å². The highest BCUT2D eigenvalue weighted by atomic mass is 16.1. The Kier molecular flexibility index (Phi) is 5.29. The van der Waals surface area contributed by atoms with Crippen molar-refractivity contribution in [1.82, 2.24) is 9.97 Å². The van der Waals surface area contributed by atoms with Gasteiger partial charge in [0.1, 0.15) is 11.4 Å². The molecule has 2 aromatic rings. The van der Waals surface area contributed by atoms with E-state index in [9.17, 15) is 4.79 Å². The molecular formula is C18H21N7O. The van der Waals surface area contributed by atoms with Gasteiger partial charge in [0, 0.05) is 24.0 Å². The van der Waals surface area contributed by atoms with Crippen molar-refractivity contribution >= 4 is 23.4 Å². The van der Waals surface area contributed by atoms with Gasteiger partial charge in [-0.25, -0.2) is 4.98 Å². The molecule has 0 unspecified atom stereocenters. The maximum atomic E-state index is 11.7. The van der Waals surface area contributed by atoms with Crippen molar-refractivity contribution in [2.75, 3.05) is 10.6 Å². The van der Waals surface area contributed by atoms with Crippen molar-refractivity contribution in [3.05, 3.63) is 41.6 Å². The number of nitrogens with zero attached hydrogens (tertiary/aromatic N) is 3. The monoisotopic (exact) mass is 351 g/mol. The topological polar surface area (TPSA) is 143 Å². The summed E-state index contributed by atoms with van der Waals surface area (Å²) in [6.45, 7) is 0. The Morgan fingerprint density at radius 3 is 2.85 bits per heavy atom. The van der Waals surface area contributed by atoms with E-state index >= 15 is 0 Å². The number of hydrogen-bond acceptors (Lipinski definition) is 7. The lowest BCUT2D eigenvalue weighted by Crippen LogP contribution is -2.43. The Labute approximate surface area is 151 Å². The lowest BCUT2D eigenvalue weighted by molar-refractivity contribution is 0.100. The van der Waals surface area contributed by atoms with Crippen LogP contribution in [-0.4, -0.2) is 28.0 Å². The van der Waals surface area contributed by atoms with Crippen LogP contribution >= 0.6 is 0 Å². The van der Waals surface area contributed by atoms with Gasteiger partial charge in [0.2, 0.25) is 5.95 Å².